The second kappa shape index (κ2) is 7.78. The topological polar surface area (TPSA) is 29.3 Å². The molecule has 0 aliphatic carbocycles. The van der Waals surface area contributed by atoms with Gasteiger partial charge in [-0.3, -0.25) is 4.90 Å². The van der Waals surface area contributed by atoms with E-state index in [1.165, 1.54) is 24.8 Å². The second-order valence-electron chi connectivity index (χ2n) is 4.92. The van der Waals surface area contributed by atoms with Gasteiger partial charge >= 0.3 is 0 Å². The molecule has 0 aliphatic rings. The van der Waals surface area contributed by atoms with Gasteiger partial charge < -0.3 is 5.73 Å². The highest BCUT2D eigenvalue weighted by Crippen LogP contribution is 2.23. The Morgan fingerprint density at radius 2 is 1.89 bits per heavy atom. The molecular formula is C15H25ClN2. The molecule has 2 atom stereocenters. The van der Waals surface area contributed by atoms with E-state index in [-0.39, 0.29) is 0 Å². The van der Waals surface area contributed by atoms with Gasteiger partial charge in [0.25, 0.3) is 0 Å². The fraction of sp³-hybridized carbons (Fsp3) is 0.600. The summed E-state index contributed by atoms with van der Waals surface area (Å²) in [6, 6.07) is 8.91. The molecule has 2 N–H and O–H groups in total. The molecule has 0 aliphatic heterocycles. The summed E-state index contributed by atoms with van der Waals surface area (Å²) in [5.74, 6) is 0. The Hall–Kier alpha value is -0.570. The molecule has 2 nitrogen and oxygen atoms in total. The number of nitrogens with zero attached hydrogens (tertiary/aromatic N) is 1. The Bertz CT molecular complexity index is 337. The van der Waals surface area contributed by atoms with Gasteiger partial charge in [0.2, 0.25) is 0 Å². The van der Waals surface area contributed by atoms with Gasteiger partial charge in [-0.2, -0.15) is 0 Å². The summed E-state index contributed by atoms with van der Waals surface area (Å²) in [4.78, 5) is 2.37. The summed E-state index contributed by atoms with van der Waals surface area (Å²) >= 11 is 5.92. The van der Waals surface area contributed by atoms with Crippen LogP contribution in [0.15, 0.2) is 24.3 Å². The van der Waals surface area contributed by atoms with Crippen LogP contribution in [0.5, 0.6) is 0 Å². The third-order valence-corrected chi connectivity index (χ3v) is 3.95. The lowest BCUT2D eigenvalue weighted by atomic mass is 10.0. The van der Waals surface area contributed by atoms with Crippen molar-refractivity contribution < 1.29 is 0 Å². The summed E-state index contributed by atoms with van der Waals surface area (Å²) in [5.41, 5.74) is 7.18. The zero-order chi connectivity index (χ0) is 13.5. The highest BCUT2D eigenvalue weighted by molar-refractivity contribution is 6.30. The van der Waals surface area contributed by atoms with Crippen LogP contribution in [-0.2, 0) is 0 Å². The summed E-state index contributed by atoms with van der Waals surface area (Å²) in [7, 11) is 2.16. The summed E-state index contributed by atoms with van der Waals surface area (Å²) in [6.07, 6.45) is 3.63. The molecule has 102 valence electrons. The standard InChI is InChI=1S/C15H25ClN2/c1-4-5-6-15(11-17)18(3)12(2)13-7-9-14(16)10-8-13/h7-10,12,15H,4-6,11,17H2,1-3H3. The van der Waals surface area contributed by atoms with Crippen molar-refractivity contribution >= 4 is 11.6 Å². The van der Waals surface area contributed by atoms with Crippen LogP contribution in [0, 0.1) is 0 Å². The molecule has 0 aromatic heterocycles. The molecule has 0 fully saturated rings. The normalized spacial score (nSPS) is 14.8. The first kappa shape index (κ1) is 15.5. The third-order valence-electron chi connectivity index (χ3n) is 3.70. The van der Waals surface area contributed by atoms with Crippen molar-refractivity contribution in [2.75, 3.05) is 13.6 Å². The van der Waals surface area contributed by atoms with E-state index in [9.17, 15) is 0 Å². The van der Waals surface area contributed by atoms with Gasteiger partial charge in [0, 0.05) is 23.7 Å². The van der Waals surface area contributed by atoms with Crippen LogP contribution in [-0.4, -0.2) is 24.5 Å². The van der Waals surface area contributed by atoms with Crippen LogP contribution >= 0.6 is 11.6 Å². The first-order valence-electron chi connectivity index (χ1n) is 6.77. The number of hydrogen-bond acceptors (Lipinski definition) is 2. The van der Waals surface area contributed by atoms with E-state index >= 15 is 0 Å². The molecule has 0 bridgehead atoms. The number of unbranched alkanes of at least 4 members (excludes halogenated alkanes) is 1. The van der Waals surface area contributed by atoms with Gasteiger partial charge in [-0.05, 0) is 38.1 Å². The molecule has 2 unspecified atom stereocenters. The summed E-state index contributed by atoms with van der Waals surface area (Å²) < 4.78 is 0. The van der Waals surface area contributed by atoms with Crippen molar-refractivity contribution in [1.29, 1.82) is 0 Å². The molecule has 1 aromatic rings. The Morgan fingerprint density at radius 3 is 2.39 bits per heavy atom. The van der Waals surface area contributed by atoms with Crippen molar-refractivity contribution in [3.05, 3.63) is 34.9 Å². The lowest BCUT2D eigenvalue weighted by molar-refractivity contribution is 0.177. The Kier molecular flexibility index (Phi) is 6.69. The van der Waals surface area contributed by atoms with E-state index in [0.717, 1.165) is 5.02 Å². The molecular weight excluding hydrogens is 244 g/mol. The quantitative estimate of drug-likeness (QED) is 0.814. The van der Waals surface area contributed by atoms with E-state index in [2.05, 4.69) is 37.9 Å². The minimum Gasteiger partial charge on any atom is -0.329 e. The van der Waals surface area contributed by atoms with Gasteiger partial charge in [0.1, 0.15) is 0 Å². The average Bonchev–Trinajstić information content (AvgIpc) is 2.39. The van der Waals surface area contributed by atoms with Crippen molar-refractivity contribution in [2.24, 2.45) is 5.73 Å². The molecule has 0 saturated carbocycles. The maximum atomic E-state index is 5.92. The van der Waals surface area contributed by atoms with Crippen LogP contribution in [0.3, 0.4) is 0 Å². The summed E-state index contributed by atoms with van der Waals surface area (Å²) in [6.45, 7) is 5.16. The lowest BCUT2D eigenvalue weighted by Gasteiger charge is -2.33. The smallest absolute Gasteiger partial charge is 0.0406 e. The van der Waals surface area contributed by atoms with E-state index < -0.39 is 0 Å². The molecule has 0 spiro atoms. The number of nitrogens with two attached hydrogens (primary N) is 1. The molecule has 0 radical (unpaired) electrons. The SMILES string of the molecule is CCCCC(CN)N(C)C(C)c1ccc(Cl)cc1. The predicted octanol–water partition coefficient (Wildman–Crippen LogP) is 3.85. The van der Waals surface area contributed by atoms with Gasteiger partial charge in [-0.1, -0.05) is 43.5 Å². The molecule has 0 amide bonds. The van der Waals surface area contributed by atoms with Crippen LogP contribution < -0.4 is 5.73 Å². The maximum Gasteiger partial charge on any atom is 0.0406 e. The van der Waals surface area contributed by atoms with Gasteiger partial charge in [0.15, 0.2) is 0 Å². The fourth-order valence-electron chi connectivity index (χ4n) is 2.22. The molecule has 3 heteroatoms. The van der Waals surface area contributed by atoms with Crippen molar-refractivity contribution in [1.82, 2.24) is 4.90 Å². The zero-order valence-corrected chi connectivity index (χ0v) is 12.5. The number of halogens is 1. The van der Waals surface area contributed by atoms with Gasteiger partial charge in [-0.15, -0.1) is 0 Å². The molecule has 1 aromatic carbocycles. The highest BCUT2D eigenvalue weighted by Gasteiger charge is 2.19. The number of likely N-dealkylation sites (N-methyl/N-ethyl adjacent to an activating group) is 1. The van der Waals surface area contributed by atoms with Crippen molar-refractivity contribution in [3.8, 4) is 0 Å². The van der Waals surface area contributed by atoms with Gasteiger partial charge in [0.05, 0.1) is 0 Å². The van der Waals surface area contributed by atoms with Crippen LogP contribution in [0.1, 0.15) is 44.7 Å². The van der Waals surface area contributed by atoms with E-state index in [1.54, 1.807) is 0 Å². The lowest BCUT2D eigenvalue weighted by Crippen LogP contribution is -2.39. The van der Waals surface area contributed by atoms with Crippen LogP contribution in [0.25, 0.3) is 0 Å². The summed E-state index contributed by atoms with van der Waals surface area (Å²) in [5, 5.41) is 0.787. The van der Waals surface area contributed by atoms with Crippen molar-refractivity contribution in [2.45, 2.75) is 45.2 Å². The second-order valence-corrected chi connectivity index (χ2v) is 5.36. The first-order valence-corrected chi connectivity index (χ1v) is 7.15. The number of benzene rings is 1. The van der Waals surface area contributed by atoms with Gasteiger partial charge in [-0.25, -0.2) is 0 Å². The Labute approximate surface area is 116 Å². The number of hydrogen-bond donors (Lipinski definition) is 1. The van der Waals surface area contributed by atoms with Crippen molar-refractivity contribution in [3.63, 3.8) is 0 Å². The Morgan fingerprint density at radius 1 is 1.28 bits per heavy atom. The fourth-order valence-corrected chi connectivity index (χ4v) is 2.35. The maximum absolute atomic E-state index is 5.92. The minimum atomic E-state index is 0.368. The molecule has 18 heavy (non-hydrogen) atoms. The molecule has 0 saturated heterocycles. The molecule has 1 rings (SSSR count). The van der Waals surface area contributed by atoms with E-state index in [1.807, 2.05) is 12.1 Å². The first-order chi connectivity index (χ1) is 8.60. The average molecular weight is 269 g/mol. The zero-order valence-electron chi connectivity index (χ0n) is 11.7. The van der Waals surface area contributed by atoms with E-state index in [0.29, 0.717) is 18.6 Å². The largest absolute Gasteiger partial charge is 0.329 e. The van der Waals surface area contributed by atoms with E-state index in [4.69, 9.17) is 17.3 Å². The van der Waals surface area contributed by atoms with Crippen LogP contribution in [0.2, 0.25) is 5.02 Å². The highest BCUT2D eigenvalue weighted by atomic mass is 35.5. The third kappa shape index (κ3) is 4.27. The molecule has 0 heterocycles. The minimum absolute atomic E-state index is 0.368. The number of rotatable bonds is 7. The monoisotopic (exact) mass is 268 g/mol. The predicted molar refractivity (Wildman–Crippen MR) is 80.0 cm³/mol. The van der Waals surface area contributed by atoms with Crippen LogP contribution in [0.4, 0.5) is 0 Å². The Balaban J connectivity index is 2.68.